The molecule has 0 radical (unpaired) electrons. The maximum Gasteiger partial charge on any atom is 0.315 e. The maximum atomic E-state index is 13.0. The molecule has 35 heavy (non-hydrogen) atoms. The van der Waals surface area contributed by atoms with Crippen LogP contribution in [0.25, 0.3) is 5.65 Å². The number of hydrogen-bond donors (Lipinski definition) is 2. The number of aryl methyl sites for hydroxylation is 1. The topological polar surface area (TPSA) is 115 Å². The Morgan fingerprint density at radius 3 is 2.57 bits per heavy atom. The van der Waals surface area contributed by atoms with Crippen molar-refractivity contribution in [2.45, 2.75) is 26.4 Å². The van der Waals surface area contributed by atoms with E-state index in [2.05, 4.69) is 20.7 Å². The Morgan fingerprint density at radius 2 is 1.77 bits per heavy atom. The maximum absolute atomic E-state index is 13.0. The van der Waals surface area contributed by atoms with Crippen molar-refractivity contribution in [2.24, 2.45) is 0 Å². The number of carbonyl (C=O) groups excluding carboxylic acids is 3. The molecule has 0 saturated carbocycles. The molecular formula is C25H20ClN5O4. The molecule has 1 aliphatic rings. The number of carbonyl (C=O) groups is 3. The van der Waals surface area contributed by atoms with Crippen molar-refractivity contribution < 1.29 is 19.1 Å². The van der Waals surface area contributed by atoms with Crippen LogP contribution in [0, 0.1) is 6.92 Å². The largest absolute Gasteiger partial charge is 0.426 e. The average Bonchev–Trinajstić information content (AvgIpc) is 3.47. The Labute approximate surface area is 205 Å². The smallest absolute Gasteiger partial charge is 0.315 e. The summed E-state index contributed by atoms with van der Waals surface area (Å²) in [5, 5.41) is 10.4. The van der Waals surface area contributed by atoms with Crippen LogP contribution in [-0.4, -0.2) is 32.4 Å². The SMILES string of the molecule is Cc1ccc(CNC(=O)c2cc(C(=O)NCc3ccc4c(c3)CC(=O)O4)nc3ccnn23)cc1Cl. The predicted molar refractivity (Wildman–Crippen MR) is 127 cm³/mol. The van der Waals surface area contributed by atoms with Gasteiger partial charge < -0.3 is 15.4 Å². The Morgan fingerprint density at radius 1 is 1.03 bits per heavy atom. The predicted octanol–water partition coefficient (Wildman–Crippen LogP) is 3.01. The molecule has 3 heterocycles. The molecular weight excluding hydrogens is 470 g/mol. The van der Waals surface area contributed by atoms with E-state index in [1.54, 1.807) is 24.3 Å². The van der Waals surface area contributed by atoms with Crippen LogP contribution in [0.2, 0.25) is 5.02 Å². The normalized spacial score (nSPS) is 12.3. The first-order valence-electron chi connectivity index (χ1n) is 10.9. The Kier molecular flexibility index (Phi) is 5.92. The summed E-state index contributed by atoms with van der Waals surface area (Å²) < 4.78 is 6.48. The number of benzene rings is 2. The van der Waals surface area contributed by atoms with E-state index in [-0.39, 0.29) is 36.9 Å². The van der Waals surface area contributed by atoms with Crippen molar-refractivity contribution in [2.75, 3.05) is 0 Å². The molecule has 9 nitrogen and oxygen atoms in total. The van der Waals surface area contributed by atoms with Gasteiger partial charge in [-0.25, -0.2) is 9.50 Å². The zero-order chi connectivity index (χ0) is 24.5. The van der Waals surface area contributed by atoms with E-state index in [1.165, 1.54) is 16.8 Å². The van der Waals surface area contributed by atoms with Crippen LogP contribution in [0.1, 0.15) is 43.2 Å². The number of nitrogens with one attached hydrogen (secondary N) is 2. The highest BCUT2D eigenvalue weighted by Gasteiger charge is 2.21. The number of ether oxygens (including phenoxy) is 1. The van der Waals surface area contributed by atoms with Gasteiger partial charge in [0, 0.05) is 35.8 Å². The molecule has 0 spiro atoms. The fourth-order valence-corrected chi connectivity index (χ4v) is 3.98. The van der Waals surface area contributed by atoms with Crippen LogP contribution >= 0.6 is 11.6 Å². The first kappa shape index (κ1) is 22.5. The summed E-state index contributed by atoms with van der Waals surface area (Å²) in [6.45, 7) is 2.39. The van der Waals surface area contributed by atoms with E-state index in [0.29, 0.717) is 16.4 Å². The molecule has 2 N–H and O–H groups in total. The van der Waals surface area contributed by atoms with Crippen LogP contribution in [0.4, 0.5) is 0 Å². The number of halogens is 1. The molecule has 0 unspecified atom stereocenters. The third kappa shape index (κ3) is 4.71. The lowest BCUT2D eigenvalue weighted by molar-refractivity contribution is -0.131. The molecule has 0 fully saturated rings. The van der Waals surface area contributed by atoms with Gasteiger partial charge in [0.2, 0.25) is 0 Å². The summed E-state index contributed by atoms with van der Waals surface area (Å²) in [6, 6.07) is 13.9. The summed E-state index contributed by atoms with van der Waals surface area (Å²) in [4.78, 5) is 41.6. The molecule has 10 heteroatoms. The Hall–Kier alpha value is -4.24. The van der Waals surface area contributed by atoms with Gasteiger partial charge in [0.25, 0.3) is 11.8 Å². The highest BCUT2D eigenvalue weighted by Crippen LogP contribution is 2.26. The summed E-state index contributed by atoms with van der Waals surface area (Å²) >= 11 is 6.17. The number of amides is 2. The minimum Gasteiger partial charge on any atom is -0.426 e. The molecule has 1 aliphatic heterocycles. The fourth-order valence-electron chi connectivity index (χ4n) is 3.78. The molecule has 2 aromatic heterocycles. The van der Waals surface area contributed by atoms with Gasteiger partial charge in [0.05, 0.1) is 12.6 Å². The number of nitrogens with zero attached hydrogens (tertiary/aromatic N) is 3. The fraction of sp³-hybridized carbons (Fsp3) is 0.160. The van der Waals surface area contributed by atoms with E-state index in [0.717, 1.165) is 22.3 Å². The van der Waals surface area contributed by atoms with Gasteiger partial charge in [0.1, 0.15) is 17.1 Å². The van der Waals surface area contributed by atoms with E-state index in [4.69, 9.17) is 16.3 Å². The standard InChI is InChI=1S/C25H20ClN5O4/c1-14-2-3-16(9-18(14)26)13-28-25(34)20-11-19(30-22-6-7-29-31(20)22)24(33)27-12-15-4-5-21-17(8-15)10-23(32)35-21/h2-9,11H,10,12-13H2,1H3,(H,27,33)(H,28,34). The summed E-state index contributed by atoms with van der Waals surface area (Å²) in [5.74, 6) is -0.603. The van der Waals surface area contributed by atoms with Crippen molar-refractivity contribution in [1.82, 2.24) is 25.2 Å². The van der Waals surface area contributed by atoms with Crippen molar-refractivity contribution in [3.8, 4) is 5.75 Å². The molecule has 176 valence electrons. The van der Waals surface area contributed by atoms with Gasteiger partial charge in [-0.3, -0.25) is 14.4 Å². The molecule has 5 rings (SSSR count). The third-order valence-electron chi connectivity index (χ3n) is 5.65. The van der Waals surface area contributed by atoms with Crippen LogP contribution in [-0.2, 0) is 24.3 Å². The molecule has 4 aromatic rings. The highest BCUT2D eigenvalue weighted by atomic mass is 35.5. The van der Waals surface area contributed by atoms with Crippen molar-refractivity contribution >= 4 is 35.0 Å². The summed E-state index contributed by atoms with van der Waals surface area (Å²) in [7, 11) is 0. The highest BCUT2D eigenvalue weighted by molar-refractivity contribution is 6.31. The van der Waals surface area contributed by atoms with E-state index in [1.807, 2.05) is 25.1 Å². The van der Waals surface area contributed by atoms with Gasteiger partial charge in [-0.1, -0.05) is 29.8 Å². The van der Waals surface area contributed by atoms with E-state index < -0.39 is 11.8 Å². The lowest BCUT2D eigenvalue weighted by Gasteiger charge is -2.10. The molecule has 0 bridgehead atoms. The van der Waals surface area contributed by atoms with Crippen molar-refractivity contribution in [1.29, 1.82) is 0 Å². The minimum absolute atomic E-state index is 0.0844. The van der Waals surface area contributed by atoms with Gasteiger partial charge in [-0.15, -0.1) is 0 Å². The lowest BCUT2D eigenvalue weighted by Crippen LogP contribution is -2.28. The lowest BCUT2D eigenvalue weighted by atomic mass is 10.1. The van der Waals surface area contributed by atoms with Crippen molar-refractivity contribution in [3.63, 3.8) is 0 Å². The molecule has 0 saturated heterocycles. The second kappa shape index (κ2) is 9.19. The number of esters is 1. The zero-order valence-corrected chi connectivity index (χ0v) is 19.4. The van der Waals surface area contributed by atoms with Crippen molar-refractivity contribution in [3.05, 3.63) is 93.4 Å². The van der Waals surface area contributed by atoms with E-state index >= 15 is 0 Å². The number of aromatic nitrogens is 3. The number of hydrogen-bond acceptors (Lipinski definition) is 6. The minimum atomic E-state index is -0.444. The molecule has 2 aromatic carbocycles. The third-order valence-corrected chi connectivity index (χ3v) is 6.06. The molecule has 2 amide bonds. The number of fused-ring (bicyclic) bond motifs is 2. The Balaban J connectivity index is 1.31. The van der Waals surface area contributed by atoms with Crippen LogP contribution in [0.15, 0.2) is 54.7 Å². The van der Waals surface area contributed by atoms with Crippen LogP contribution < -0.4 is 15.4 Å². The van der Waals surface area contributed by atoms with Gasteiger partial charge in [-0.05, 0) is 41.8 Å². The molecule has 0 atom stereocenters. The second-order valence-corrected chi connectivity index (χ2v) is 8.58. The van der Waals surface area contributed by atoms with Gasteiger partial charge in [-0.2, -0.15) is 5.10 Å². The zero-order valence-electron chi connectivity index (χ0n) is 18.7. The first-order valence-corrected chi connectivity index (χ1v) is 11.2. The number of rotatable bonds is 6. The van der Waals surface area contributed by atoms with Gasteiger partial charge >= 0.3 is 5.97 Å². The van der Waals surface area contributed by atoms with Crippen LogP contribution in [0.3, 0.4) is 0 Å². The van der Waals surface area contributed by atoms with Gasteiger partial charge in [0.15, 0.2) is 5.65 Å². The summed E-state index contributed by atoms with van der Waals surface area (Å²) in [6.07, 6.45) is 1.72. The monoisotopic (exact) mass is 489 g/mol. The quantitative estimate of drug-likeness (QED) is 0.318. The second-order valence-electron chi connectivity index (χ2n) is 8.17. The van der Waals surface area contributed by atoms with E-state index in [9.17, 15) is 14.4 Å². The average molecular weight is 490 g/mol. The first-order chi connectivity index (χ1) is 16.9. The summed E-state index contributed by atoms with van der Waals surface area (Å²) in [5.41, 5.74) is 4.03. The Bertz CT molecular complexity index is 1500. The molecule has 0 aliphatic carbocycles. The van der Waals surface area contributed by atoms with Crippen LogP contribution in [0.5, 0.6) is 5.75 Å².